The molecule has 0 saturated carbocycles. The quantitative estimate of drug-likeness (QED) is 0.752. The Kier molecular flexibility index (Phi) is 6.80. The van der Waals surface area contributed by atoms with Crippen molar-refractivity contribution in [2.24, 2.45) is 5.92 Å². The molecule has 21 heavy (non-hydrogen) atoms. The Morgan fingerprint density at radius 2 is 2.14 bits per heavy atom. The van der Waals surface area contributed by atoms with Crippen LogP contribution in [0.25, 0.3) is 0 Å². The van der Waals surface area contributed by atoms with Gasteiger partial charge in [-0.05, 0) is 0 Å². The van der Waals surface area contributed by atoms with E-state index in [1.165, 1.54) is 12.0 Å². The molecule has 1 aliphatic rings. The van der Waals surface area contributed by atoms with Gasteiger partial charge in [0, 0.05) is 31.6 Å². The zero-order chi connectivity index (χ0) is 16.0. The van der Waals surface area contributed by atoms with Crippen molar-refractivity contribution >= 4 is 29.7 Å². The Balaban J connectivity index is 2.65. The summed E-state index contributed by atoms with van der Waals surface area (Å²) in [7, 11) is 2.92. The SMILES string of the molecule is COC(=O)C(C)CN(C)C(=O)N1CCSCC1CC(=O)O. The van der Waals surface area contributed by atoms with Crippen molar-refractivity contribution in [1.29, 1.82) is 0 Å². The zero-order valence-electron chi connectivity index (χ0n) is 12.6. The van der Waals surface area contributed by atoms with Crippen LogP contribution >= 0.6 is 11.8 Å². The van der Waals surface area contributed by atoms with Crippen molar-refractivity contribution in [3.63, 3.8) is 0 Å². The van der Waals surface area contributed by atoms with Gasteiger partial charge in [-0.15, -0.1) is 0 Å². The molecule has 0 radical (unpaired) electrons. The van der Waals surface area contributed by atoms with Crippen LogP contribution in [0.5, 0.6) is 0 Å². The van der Waals surface area contributed by atoms with Gasteiger partial charge in [0.25, 0.3) is 0 Å². The van der Waals surface area contributed by atoms with E-state index in [2.05, 4.69) is 4.74 Å². The van der Waals surface area contributed by atoms with Crippen molar-refractivity contribution in [3.8, 4) is 0 Å². The van der Waals surface area contributed by atoms with Crippen LogP contribution < -0.4 is 0 Å². The highest BCUT2D eigenvalue weighted by molar-refractivity contribution is 7.99. The van der Waals surface area contributed by atoms with Gasteiger partial charge >= 0.3 is 18.0 Å². The number of aliphatic carboxylic acids is 1. The molecule has 8 heteroatoms. The van der Waals surface area contributed by atoms with Gasteiger partial charge in [0.05, 0.1) is 25.5 Å². The van der Waals surface area contributed by atoms with E-state index in [1.807, 2.05) is 0 Å². The minimum absolute atomic E-state index is 0.0564. The first-order chi connectivity index (χ1) is 9.86. The maximum Gasteiger partial charge on any atom is 0.320 e. The number of ether oxygens (including phenoxy) is 1. The van der Waals surface area contributed by atoms with Crippen molar-refractivity contribution in [2.75, 3.05) is 38.8 Å². The lowest BCUT2D eigenvalue weighted by molar-refractivity contribution is -0.145. The third-order valence-corrected chi connectivity index (χ3v) is 4.45. The van der Waals surface area contributed by atoms with E-state index in [4.69, 9.17) is 5.11 Å². The number of methoxy groups -OCH3 is 1. The van der Waals surface area contributed by atoms with E-state index < -0.39 is 11.9 Å². The second-order valence-corrected chi connectivity index (χ2v) is 6.26. The van der Waals surface area contributed by atoms with Crippen molar-refractivity contribution in [2.45, 2.75) is 19.4 Å². The number of amides is 2. The summed E-state index contributed by atoms with van der Waals surface area (Å²) in [6.07, 6.45) is -0.0564. The maximum absolute atomic E-state index is 12.4. The smallest absolute Gasteiger partial charge is 0.320 e. The van der Waals surface area contributed by atoms with E-state index >= 15 is 0 Å². The van der Waals surface area contributed by atoms with Crippen LogP contribution in [0.4, 0.5) is 4.79 Å². The number of esters is 1. The van der Waals surface area contributed by atoms with Gasteiger partial charge < -0.3 is 19.6 Å². The molecule has 7 nitrogen and oxygen atoms in total. The second-order valence-electron chi connectivity index (χ2n) is 5.11. The van der Waals surface area contributed by atoms with E-state index in [9.17, 15) is 14.4 Å². The number of rotatable bonds is 5. The summed E-state index contributed by atoms with van der Waals surface area (Å²) in [5.74, 6) is -0.279. The lowest BCUT2D eigenvalue weighted by atomic mass is 10.1. The Hall–Kier alpha value is -1.44. The van der Waals surface area contributed by atoms with Crippen molar-refractivity contribution in [3.05, 3.63) is 0 Å². The van der Waals surface area contributed by atoms with Crippen molar-refractivity contribution in [1.82, 2.24) is 9.80 Å². The lowest BCUT2D eigenvalue weighted by Crippen LogP contribution is -2.52. The lowest BCUT2D eigenvalue weighted by Gasteiger charge is -2.37. The van der Waals surface area contributed by atoms with Gasteiger partial charge in [0.2, 0.25) is 0 Å². The van der Waals surface area contributed by atoms with Crippen LogP contribution in [0.2, 0.25) is 0 Å². The minimum Gasteiger partial charge on any atom is -0.481 e. The van der Waals surface area contributed by atoms with Crippen LogP contribution in [0.3, 0.4) is 0 Å². The normalized spacial score (nSPS) is 19.8. The van der Waals surface area contributed by atoms with E-state index in [0.29, 0.717) is 12.3 Å². The van der Waals surface area contributed by atoms with Crippen LogP contribution in [-0.4, -0.2) is 77.7 Å². The average Bonchev–Trinajstić information content (AvgIpc) is 2.45. The van der Waals surface area contributed by atoms with Gasteiger partial charge in [-0.1, -0.05) is 6.92 Å². The molecule has 0 aliphatic carbocycles. The predicted molar refractivity (Wildman–Crippen MR) is 79.3 cm³/mol. The fraction of sp³-hybridized carbons (Fsp3) is 0.769. The number of carbonyl (C=O) groups is 3. The standard InChI is InChI=1S/C13H22N2O5S/c1-9(12(18)20-3)7-14(2)13(19)15-4-5-21-8-10(15)6-11(16)17/h9-10H,4-8H2,1-3H3,(H,16,17). The first-order valence-corrected chi connectivity index (χ1v) is 7.91. The molecule has 2 atom stereocenters. The number of nitrogens with zero attached hydrogens (tertiary/aromatic N) is 2. The van der Waals surface area contributed by atoms with Crippen LogP contribution in [-0.2, 0) is 14.3 Å². The molecular weight excluding hydrogens is 296 g/mol. The number of urea groups is 1. The molecule has 0 aromatic rings. The topological polar surface area (TPSA) is 87.2 Å². The largest absolute Gasteiger partial charge is 0.481 e. The molecule has 0 aromatic carbocycles. The number of carboxylic acid groups (broad SMARTS) is 1. The first kappa shape index (κ1) is 17.6. The van der Waals surface area contributed by atoms with Gasteiger partial charge in [0.15, 0.2) is 0 Å². The molecule has 1 fully saturated rings. The molecule has 120 valence electrons. The number of thioether (sulfide) groups is 1. The number of carbonyl (C=O) groups excluding carboxylic acids is 2. The van der Waals surface area contributed by atoms with Crippen LogP contribution in [0.15, 0.2) is 0 Å². The average molecular weight is 318 g/mol. The molecule has 1 heterocycles. The number of hydrogen-bond donors (Lipinski definition) is 1. The monoisotopic (exact) mass is 318 g/mol. The van der Waals surface area contributed by atoms with Gasteiger partial charge in [0.1, 0.15) is 0 Å². The fourth-order valence-electron chi connectivity index (χ4n) is 2.26. The third-order valence-electron chi connectivity index (χ3n) is 3.36. The highest BCUT2D eigenvalue weighted by Crippen LogP contribution is 2.20. The van der Waals surface area contributed by atoms with E-state index in [-0.39, 0.29) is 31.0 Å². The maximum atomic E-state index is 12.4. The summed E-state index contributed by atoms with van der Waals surface area (Å²) in [6, 6.07) is -0.540. The summed E-state index contributed by atoms with van der Waals surface area (Å²) in [5.41, 5.74) is 0. The van der Waals surface area contributed by atoms with Gasteiger partial charge in [-0.2, -0.15) is 11.8 Å². The Labute approximate surface area is 128 Å². The summed E-state index contributed by atoms with van der Waals surface area (Å²) in [5, 5.41) is 8.93. The molecule has 0 bridgehead atoms. The van der Waals surface area contributed by atoms with Crippen LogP contribution in [0.1, 0.15) is 13.3 Å². The molecular formula is C13H22N2O5S. The molecule has 1 saturated heterocycles. The molecule has 1 aliphatic heterocycles. The Morgan fingerprint density at radius 1 is 1.48 bits per heavy atom. The van der Waals surface area contributed by atoms with Gasteiger partial charge in [-0.3, -0.25) is 9.59 Å². The molecule has 1 rings (SSSR count). The first-order valence-electron chi connectivity index (χ1n) is 6.76. The minimum atomic E-state index is -0.911. The number of hydrogen-bond acceptors (Lipinski definition) is 5. The Bertz CT molecular complexity index is 404. The highest BCUT2D eigenvalue weighted by Gasteiger charge is 2.31. The predicted octanol–water partition coefficient (Wildman–Crippen LogP) is 0.739. The zero-order valence-corrected chi connectivity index (χ0v) is 13.4. The second kappa shape index (κ2) is 8.11. The summed E-state index contributed by atoms with van der Waals surface area (Å²) in [6.45, 7) is 2.46. The molecule has 2 unspecified atom stereocenters. The molecule has 0 aromatic heterocycles. The molecule has 1 N–H and O–H groups in total. The highest BCUT2D eigenvalue weighted by atomic mass is 32.2. The third kappa shape index (κ3) is 5.11. The van der Waals surface area contributed by atoms with E-state index in [1.54, 1.807) is 30.6 Å². The van der Waals surface area contributed by atoms with E-state index in [0.717, 1.165) is 5.75 Å². The van der Waals surface area contributed by atoms with Crippen LogP contribution in [0, 0.1) is 5.92 Å². The molecule has 0 spiro atoms. The summed E-state index contributed by atoms with van der Waals surface area (Å²) in [4.78, 5) is 37.8. The van der Waals surface area contributed by atoms with Crippen molar-refractivity contribution < 1.29 is 24.2 Å². The Morgan fingerprint density at radius 3 is 2.71 bits per heavy atom. The van der Waals surface area contributed by atoms with Gasteiger partial charge in [-0.25, -0.2) is 4.79 Å². The fourth-order valence-corrected chi connectivity index (χ4v) is 3.32. The molecule has 2 amide bonds. The summed E-state index contributed by atoms with van der Waals surface area (Å²) >= 11 is 1.65. The number of carboxylic acids is 1. The summed E-state index contributed by atoms with van der Waals surface area (Å²) < 4.78 is 4.64.